The fourth-order valence-corrected chi connectivity index (χ4v) is 3.84. The minimum atomic E-state index is -0.210. The smallest absolute Gasteiger partial charge is 0.410 e. The van der Waals surface area contributed by atoms with Crippen LogP contribution in [0.3, 0.4) is 0 Å². The molecule has 0 N–H and O–H groups in total. The van der Waals surface area contributed by atoms with Gasteiger partial charge in [0.25, 0.3) is 0 Å². The summed E-state index contributed by atoms with van der Waals surface area (Å²) in [5, 5.41) is 0. The number of carbonyl (C=O) groups is 1. The molecule has 1 aliphatic rings. The zero-order valence-corrected chi connectivity index (χ0v) is 16.5. The highest BCUT2D eigenvalue weighted by Gasteiger charge is 2.23. The van der Waals surface area contributed by atoms with Crippen molar-refractivity contribution in [3.8, 4) is 5.75 Å². The van der Waals surface area contributed by atoms with Crippen LogP contribution in [0.4, 0.5) is 4.79 Å². The van der Waals surface area contributed by atoms with Crippen molar-refractivity contribution in [2.24, 2.45) is 11.8 Å². The Bertz CT molecular complexity index is 551. The van der Waals surface area contributed by atoms with Gasteiger partial charge in [0.15, 0.2) is 0 Å². The maximum absolute atomic E-state index is 12.4. The molecule has 0 aromatic heterocycles. The zero-order chi connectivity index (χ0) is 18.4. The van der Waals surface area contributed by atoms with E-state index in [1.165, 1.54) is 5.56 Å². The van der Waals surface area contributed by atoms with Crippen LogP contribution in [0.2, 0.25) is 0 Å². The van der Waals surface area contributed by atoms with Crippen LogP contribution in [0.1, 0.15) is 51.5 Å². The van der Waals surface area contributed by atoms with Crippen LogP contribution < -0.4 is 4.74 Å². The number of ether oxygens (including phenoxy) is 1. The molecule has 0 bridgehead atoms. The molecule has 140 valence electrons. The van der Waals surface area contributed by atoms with Gasteiger partial charge in [0.2, 0.25) is 0 Å². The number of amides is 1. The molecule has 1 fully saturated rings. The molecule has 4 nitrogen and oxygen atoms in total. The molecule has 1 heterocycles. The molecule has 0 saturated carbocycles. The first-order valence-corrected chi connectivity index (χ1v) is 9.62. The summed E-state index contributed by atoms with van der Waals surface area (Å²) in [6, 6.07) is 8.09. The number of nitrogens with zero attached hydrogens (tertiary/aromatic N) is 2. The first-order chi connectivity index (χ1) is 11.9. The molecule has 2 atom stereocenters. The first kappa shape index (κ1) is 19.8. The Labute approximate surface area is 153 Å². The lowest BCUT2D eigenvalue weighted by Crippen LogP contribution is -2.39. The van der Waals surface area contributed by atoms with Gasteiger partial charge in [-0.3, -0.25) is 0 Å². The maximum Gasteiger partial charge on any atom is 0.415 e. The molecule has 1 amide bonds. The van der Waals surface area contributed by atoms with Crippen molar-refractivity contribution in [2.75, 3.05) is 33.7 Å². The molecule has 0 spiro atoms. The maximum atomic E-state index is 12.4. The molecule has 0 radical (unpaired) electrons. The largest absolute Gasteiger partial charge is 0.415 e. The lowest BCUT2D eigenvalue weighted by molar-refractivity contribution is 0.133. The lowest BCUT2D eigenvalue weighted by Gasteiger charge is -2.29. The summed E-state index contributed by atoms with van der Waals surface area (Å²) in [6.45, 7) is 9.42. The molecular weight excluding hydrogens is 312 g/mol. The Hall–Kier alpha value is -1.55. The average Bonchev–Trinajstić information content (AvgIpc) is 2.55. The second-order valence-electron chi connectivity index (χ2n) is 7.86. The third-order valence-electron chi connectivity index (χ3n) is 5.31. The van der Waals surface area contributed by atoms with E-state index < -0.39 is 0 Å². The summed E-state index contributed by atoms with van der Waals surface area (Å²) in [4.78, 5) is 16.5. The van der Waals surface area contributed by atoms with Gasteiger partial charge in [-0.15, -0.1) is 0 Å². The summed E-state index contributed by atoms with van der Waals surface area (Å²) in [7, 11) is 4.22. The fourth-order valence-electron chi connectivity index (χ4n) is 3.84. The molecule has 1 aromatic rings. The highest BCUT2D eigenvalue weighted by atomic mass is 16.6. The van der Waals surface area contributed by atoms with Gasteiger partial charge in [-0.2, -0.15) is 0 Å². The van der Waals surface area contributed by atoms with Crippen molar-refractivity contribution < 1.29 is 9.53 Å². The van der Waals surface area contributed by atoms with Gasteiger partial charge >= 0.3 is 6.09 Å². The van der Waals surface area contributed by atoms with E-state index in [1.807, 2.05) is 23.1 Å². The van der Waals surface area contributed by atoms with Crippen LogP contribution in [0.25, 0.3) is 0 Å². The van der Waals surface area contributed by atoms with Crippen LogP contribution in [0.5, 0.6) is 5.75 Å². The molecule has 0 unspecified atom stereocenters. The highest BCUT2D eigenvalue weighted by Crippen LogP contribution is 2.31. The predicted octanol–water partition coefficient (Wildman–Crippen LogP) is 4.61. The normalized spacial score (nSPS) is 18.2. The topological polar surface area (TPSA) is 32.8 Å². The predicted molar refractivity (Wildman–Crippen MR) is 103 cm³/mol. The van der Waals surface area contributed by atoms with E-state index in [4.69, 9.17) is 4.74 Å². The van der Waals surface area contributed by atoms with E-state index in [9.17, 15) is 4.79 Å². The second kappa shape index (κ2) is 9.23. The van der Waals surface area contributed by atoms with E-state index in [1.54, 1.807) is 0 Å². The van der Waals surface area contributed by atoms with Crippen molar-refractivity contribution in [2.45, 2.75) is 46.0 Å². The Morgan fingerprint density at radius 2 is 2.00 bits per heavy atom. The van der Waals surface area contributed by atoms with Crippen LogP contribution in [0, 0.1) is 11.8 Å². The van der Waals surface area contributed by atoms with E-state index in [0.717, 1.165) is 38.9 Å². The zero-order valence-electron chi connectivity index (χ0n) is 16.5. The Kier molecular flexibility index (Phi) is 7.30. The van der Waals surface area contributed by atoms with E-state index in [-0.39, 0.29) is 6.09 Å². The Balaban J connectivity index is 2.03. The fraction of sp³-hybridized carbons (Fsp3) is 0.667. The minimum absolute atomic E-state index is 0.210. The molecular formula is C21H34N2O2. The molecule has 0 aliphatic carbocycles. The third kappa shape index (κ3) is 5.74. The van der Waals surface area contributed by atoms with Crippen molar-refractivity contribution in [1.29, 1.82) is 0 Å². The summed E-state index contributed by atoms with van der Waals surface area (Å²) < 4.78 is 5.66. The van der Waals surface area contributed by atoms with Crippen LogP contribution in [-0.4, -0.2) is 49.6 Å². The molecule has 2 rings (SSSR count). The van der Waals surface area contributed by atoms with E-state index >= 15 is 0 Å². The minimum Gasteiger partial charge on any atom is -0.410 e. The van der Waals surface area contributed by atoms with E-state index in [2.05, 4.69) is 45.8 Å². The van der Waals surface area contributed by atoms with Gasteiger partial charge in [-0.1, -0.05) is 32.9 Å². The molecule has 1 aromatic carbocycles. The van der Waals surface area contributed by atoms with Crippen molar-refractivity contribution in [3.63, 3.8) is 0 Å². The summed E-state index contributed by atoms with van der Waals surface area (Å²) in [5.74, 6) is 2.39. The summed E-state index contributed by atoms with van der Waals surface area (Å²) >= 11 is 0. The SMILES string of the molecule is CC[C@@H](c1cccc(OC(=O)N2CCC(C)CC2)c1)[C@@H](C)CN(C)C. The van der Waals surface area contributed by atoms with Crippen molar-refractivity contribution in [3.05, 3.63) is 29.8 Å². The monoisotopic (exact) mass is 346 g/mol. The highest BCUT2D eigenvalue weighted by molar-refractivity contribution is 5.70. The molecule has 4 heteroatoms. The van der Waals surface area contributed by atoms with Gasteiger partial charge in [0, 0.05) is 19.6 Å². The van der Waals surface area contributed by atoms with Gasteiger partial charge in [-0.05, 0) is 68.8 Å². The first-order valence-electron chi connectivity index (χ1n) is 9.62. The molecule has 25 heavy (non-hydrogen) atoms. The van der Waals surface area contributed by atoms with Crippen LogP contribution >= 0.6 is 0 Å². The number of likely N-dealkylation sites (tertiary alicyclic amines) is 1. The average molecular weight is 347 g/mol. The van der Waals surface area contributed by atoms with Gasteiger partial charge in [0.05, 0.1) is 0 Å². The Morgan fingerprint density at radius 1 is 1.32 bits per heavy atom. The van der Waals surface area contributed by atoms with Gasteiger partial charge < -0.3 is 14.5 Å². The lowest BCUT2D eigenvalue weighted by atomic mass is 9.85. The number of hydrogen-bond donors (Lipinski definition) is 0. The Morgan fingerprint density at radius 3 is 2.60 bits per heavy atom. The van der Waals surface area contributed by atoms with Crippen LogP contribution in [-0.2, 0) is 0 Å². The summed E-state index contributed by atoms with van der Waals surface area (Å²) in [5.41, 5.74) is 1.26. The number of piperidine rings is 1. The number of benzene rings is 1. The number of carbonyl (C=O) groups excluding carboxylic acids is 1. The van der Waals surface area contributed by atoms with Gasteiger partial charge in [0.1, 0.15) is 5.75 Å². The number of hydrogen-bond acceptors (Lipinski definition) is 3. The standard InChI is InChI=1S/C21H34N2O2/c1-6-20(17(3)15-22(4)5)18-8-7-9-19(14-18)25-21(24)23-12-10-16(2)11-13-23/h7-9,14,16-17,20H,6,10-13,15H2,1-5H3/t17-,20+/m0/s1. The van der Waals surface area contributed by atoms with Crippen LogP contribution in [0.15, 0.2) is 24.3 Å². The number of rotatable bonds is 6. The van der Waals surface area contributed by atoms with Crippen molar-refractivity contribution in [1.82, 2.24) is 9.80 Å². The molecule has 1 saturated heterocycles. The third-order valence-corrected chi connectivity index (χ3v) is 5.31. The van der Waals surface area contributed by atoms with Gasteiger partial charge in [-0.25, -0.2) is 4.79 Å². The van der Waals surface area contributed by atoms with Crippen molar-refractivity contribution >= 4 is 6.09 Å². The quantitative estimate of drug-likeness (QED) is 0.754. The molecule has 1 aliphatic heterocycles. The second-order valence-corrected chi connectivity index (χ2v) is 7.86. The van der Waals surface area contributed by atoms with E-state index in [0.29, 0.717) is 23.5 Å². The summed E-state index contributed by atoms with van der Waals surface area (Å²) in [6.07, 6.45) is 3.00.